The molecule has 1 aromatic carbocycles. The molecule has 7 nitrogen and oxygen atoms in total. The van der Waals surface area contributed by atoms with E-state index in [1.54, 1.807) is 34.5 Å². The van der Waals surface area contributed by atoms with E-state index in [0.717, 1.165) is 43.7 Å². The lowest BCUT2D eigenvalue weighted by Crippen LogP contribution is -2.41. The number of piperidine rings is 2. The first kappa shape index (κ1) is 23.2. The number of sulfonamides is 1. The second-order valence-corrected chi connectivity index (χ2v) is 11.7. The Kier molecular flexibility index (Phi) is 7.19. The first-order chi connectivity index (χ1) is 15.3. The van der Waals surface area contributed by atoms with Gasteiger partial charge in [0.1, 0.15) is 4.21 Å². The molecular weight excluding hydrogens is 470 g/mol. The van der Waals surface area contributed by atoms with Crippen LogP contribution in [0, 0.1) is 5.92 Å². The van der Waals surface area contributed by atoms with Gasteiger partial charge in [0, 0.05) is 48.2 Å². The predicted molar refractivity (Wildman–Crippen MR) is 126 cm³/mol. The summed E-state index contributed by atoms with van der Waals surface area (Å²) in [6.07, 6.45) is 4.00. The number of benzene rings is 1. The maximum absolute atomic E-state index is 13.1. The number of rotatable bonds is 5. The maximum atomic E-state index is 13.1. The summed E-state index contributed by atoms with van der Waals surface area (Å²) in [5.74, 6) is -0.466. The molecule has 4 rings (SSSR count). The van der Waals surface area contributed by atoms with Crippen LogP contribution in [0.5, 0.6) is 0 Å². The molecule has 2 aliphatic heterocycles. The molecule has 0 bridgehead atoms. The monoisotopic (exact) mass is 495 g/mol. The number of thiophene rings is 1. The van der Waals surface area contributed by atoms with Crippen molar-refractivity contribution in [1.82, 2.24) is 9.21 Å². The van der Waals surface area contributed by atoms with Gasteiger partial charge in [-0.3, -0.25) is 9.59 Å². The normalized spacial score (nSPS) is 18.5. The first-order valence-electron chi connectivity index (χ1n) is 10.8. The lowest BCUT2D eigenvalue weighted by molar-refractivity contribution is -0.120. The molecule has 1 N–H and O–H groups in total. The van der Waals surface area contributed by atoms with Gasteiger partial charge in [-0.2, -0.15) is 4.31 Å². The molecule has 3 heterocycles. The summed E-state index contributed by atoms with van der Waals surface area (Å²) >= 11 is 6.95. The Labute approximate surface area is 197 Å². The highest BCUT2D eigenvalue weighted by Gasteiger charge is 2.33. The standard InChI is InChI=1S/C22H26ClN3O4S2/c23-18-4-6-19(7-5-18)24-21(27)16-8-12-26(13-9-16)32(29,30)20-14-17(15-31-20)22(28)25-10-2-1-3-11-25/h4-7,14-16H,1-3,8-13H2,(H,24,27). The number of nitrogens with zero attached hydrogens (tertiary/aromatic N) is 2. The van der Waals surface area contributed by atoms with E-state index in [4.69, 9.17) is 11.6 Å². The SMILES string of the molecule is O=C(Nc1ccc(Cl)cc1)C1CCN(S(=O)(=O)c2cc(C(=O)N3CCCCC3)cs2)CC1. The topological polar surface area (TPSA) is 86.8 Å². The number of carbonyl (C=O) groups excluding carboxylic acids is 2. The van der Waals surface area contributed by atoms with Gasteiger partial charge in [0.2, 0.25) is 5.91 Å². The molecule has 0 atom stereocenters. The molecule has 2 amide bonds. The van der Waals surface area contributed by atoms with Crippen LogP contribution < -0.4 is 5.32 Å². The molecule has 2 aliphatic rings. The predicted octanol–water partition coefficient (Wildman–Crippen LogP) is 4.07. The van der Waals surface area contributed by atoms with Crippen molar-refractivity contribution in [3.05, 3.63) is 46.3 Å². The zero-order valence-corrected chi connectivity index (χ0v) is 20.0. The van der Waals surface area contributed by atoms with Crippen LogP contribution >= 0.6 is 22.9 Å². The van der Waals surface area contributed by atoms with Gasteiger partial charge >= 0.3 is 0 Å². The van der Waals surface area contributed by atoms with E-state index in [1.807, 2.05) is 0 Å². The van der Waals surface area contributed by atoms with E-state index in [2.05, 4.69) is 5.32 Å². The fourth-order valence-electron chi connectivity index (χ4n) is 4.11. The second kappa shape index (κ2) is 9.91. The zero-order chi connectivity index (χ0) is 22.7. The van der Waals surface area contributed by atoms with E-state index >= 15 is 0 Å². The molecule has 0 saturated carbocycles. The number of amides is 2. The molecule has 2 fully saturated rings. The molecule has 10 heteroatoms. The van der Waals surface area contributed by atoms with Crippen molar-refractivity contribution in [2.75, 3.05) is 31.5 Å². The van der Waals surface area contributed by atoms with Gasteiger partial charge in [-0.1, -0.05) is 11.6 Å². The van der Waals surface area contributed by atoms with Gasteiger partial charge in [0.05, 0.1) is 5.56 Å². The van der Waals surface area contributed by atoms with Crippen LogP contribution in [-0.2, 0) is 14.8 Å². The van der Waals surface area contributed by atoms with Gasteiger partial charge in [-0.05, 0) is 62.4 Å². The first-order valence-corrected chi connectivity index (χ1v) is 13.5. The highest BCUT2D eigenvalue weighted by Crippen LogP contribution is 2.29. The Morgan fingerprint density at radius 1 is 1.00 bits per heavy atom. The van der Waals surface area contributed by atoms with E-state index < -0.39 is 10.0 Å². The van der Waals surface area contributed by atoms with Crippen LogP contribution in [0.1, 0.15) is 42.5 Å². The van der Waals surface area contributed by atoms with Crippen molar-refractivity contribution in [2.24, 2.45) is 5.92 Å². The fraction of sp³-hybridized carbons (Fsp3) is 0.455. The van der Waals surface area contributed by atoms with Crippen molar-refractivity contribution in [3.8, 4) is 0 Å². The molecule has 0 aliphatic carbocycles. The quantitative estimate of drug-likeness (QED) is 0.677. The van der Waals surface area contributed by atoms with Gasteiger partial charge in [-0.15, -0.1) is 11.3 Å². The summed E-state index contributed by atoms with van der Waals surface area (Å²) < 4.78 is 27.8. The van der Waals surface area contributed by atoms with Crippen molar-refractivity contribution in [1.29, 1.82) is 0 Å². The molecule has 0 unspecified atom stereocenters. The van der Waals surface area contributed by atoms with E-state index in [0.29, 0.717) is 29.1 Å². The Hall–Kier alpha value is -1.94. The smallest absolute Gasteiger partial charge is 0.254 e. The third-order valence-electron chi connectivity index (χ3n) is 6.00. The zero-order valence-electron chi connectivity index (χ0n) is 17.6. The number of halogens is 1. The van der Waals surface area contributed by atoms with Crippen LogP contribution in [-0.4, -0.2) is 55.6 Å². The molecule has 2 aromatic rings. The average molecular weight is 496 g/mol. The second-order valence-electron chi connectivity index (χ2n) is 8.18. The Balaban J connectivity index is 1.35. The largest absolute Gasteiger partial charge is 0.339 e. The van der Waals surface area contributed by atoms with Crippen LogP contribution in [0.15, 0.2) is 39.9 Å². The van der Waals surface area contributed by atoms with Crippen molar-refractivity contribution in [2.45, 2.75) is 36.3 Å². The Morgan fingerprint density at radius 3 is 2.31 bits per heavy atom. The molecule has 0 radical (unpaired) electrons. The third kappa shape index (κ3) is 5.17. The summed E-state index contributed by atoms with van der Waals surface area (Å²) in [5, 5.41) is 5.09. The van der Waals surface area contributed by atoms with E-state index in [1.165, 1.54) is 10.4 Å². The minimum Gasteiger partial charge on any atom is -0.339 e. The van der Waals surface area contributed by atoms with E-state index in [-0.39, 0.29) is 35.0 Å². The van der Waals surface area contributed by atoms with Gasteiger partial charge in [-0.25, -0.2) is 8.42 Å². The van der Waals surface area contributed by atoms with Crippen LogP contribution in [0.25, 0.3) is 0 Å². The third-order valence-corrected chi connectivity index (χ3v) is 9.56. The number of likely N-dealkylation sites (tertiary alicyclic amines) is 1. The van der Waals surface area contributed by atoms with Crippen molar-refractivity contribution in [3.63, 3.8) is 0 Å². The van der Waals surface area contributed by atoms with Crippen molar-refractivity contribution < 1.29 is 18.0 Å². The summed E-state index contributed by atoms with van der Waals surface area (Å²) in [4.78, 5) is 27.0. The molecule has 1 aromatic heterocycles. The van der Waals surface area contributed by atoms with E-state index in [9.17, 15) is 18.0 Å². The number of nitrogens with one attached hydrogen (secondary N) is 1. The summed E-state index contributed by atoms with van der Waals surface area (Å²) in [5.41, 5.74) is 1.10. The van der Waals surface area contributed by atoms with Gasteiger partial charge < -0.3 is 10.2 Å². The van der Waals surface area contributed by atoms with Crippen LogP contribution in [0.4, 0.5) is 5.69 Å². The Morgan fingerprint density at radius 2 is 1.66 bits per heavy atom. The molecule has 2 saturated heterocycles. The highest BCUT2D eigenvalue weighted by atomic mass is 35.5. The lowest BCUT2D eigenvalue weighted by Gasteiger charge is -2.30. The number of anilines is 1. The van der Waals surface area contributed by atoms with Crippen LogP contribution in [0.2, 0.25) is 5.02 Å². The summed E-state index contributed by atoms with van der Waals surface area (Å²) in [6, 6.07) is 8.38. The van der Waals surface area contributed by atoms with Crippen molar-refractivity contribution >= 4 is 50.5 Å². The van der Waals surface area contributed by atoms with Gasteiger partial charge in [0.15, 0.2) is 0 Å². The fourth-order valence-corrected chi connectivity index (χ4v) is 7.01. The number of hydrogen-bond donors (Lipinski definition) is 1. The number of carbonyl (C=O) groups is 2. The highest BCUT2D eigenvalue weighted by molar-refractivity contribution is 7.91. The molecule has 0 spiro atoms. The molecule has 32 heavy (non-hydrogen) atoms. The average Bonchev–Trinajstić information content (AvgIpc) is 3.32. The minimum atomic E-state index is -3.68. The molecular formula is C22H26ClN3O4S2. The lowest BCUT2D eigenvalue weighted by atomic mass is 9.97. The maximum Gasteiger partial charge on any atom is 0.254 e. The van der Waals surface area contributed by atoms with Gasteiger partial charge in [0.25, 0.3) is 15.9 Å². The number of hydrogen-bond acceptors (Lipinski definition) is 5. The van der Waals surface area contributed by atoms with Crippen LogP contribution in [0.3, 0.4) is 0 Å². The minimum absolute atomic E-state index is 0.0972. The molecule has 172 valence electrons. The summed E-state index contributed by atoms with van der Waals surface area (Å²) in [6.45, 7) is 1.99. The Bertz CT molecular complexity index is 1070. The summed E-state index contributed by atoms with van der Waals surface area (Å²) in [7, 11) is -3.68.